The van der Waals surface area contributed by atoms with Crippen LogP contribution in [0.15, 0.2) is 103 Å². The third kappa shape index (κ3) is 6.36. The second-order valence-electron chi connectivity index (χ2n) is 9.89. The van der Waals surface area contributed by atoms with Crippen molar-refractivity contribution in [2.45, 2.75) is 19.3 Å². The van der Waals surface area contributed by atoms with Gasteiger partial charge in [0.25, 0.3) is 0 Å². The molecule has 2 heterocycles. The summed E-state index contributed by atoms with van der Waals surface area (Å²) in [7, 11) is 0. The molecule has 4 aromatic carbocycles. The number of fused-ring (bicyclic) bond motifs is 1. The molecule has 1 aliphatic heterocycles. The molecule has 1 aromatic heterocycles. The van der Waals surface area contributed by atoms with E-state index in [4.69, 9.17) is 14.2 Å². The lowest BCUT2D eigenvalue weighted by Crippen LogP contribution is -2.33. The number of thiophene rings is 1. The minimum absolute atomic E-state index is 0.362. The van der Waals surface area contributed by atoms with Gasteiger partial charge in [-0.05, 0) is 104 Å². The second-order valence-corrected chi connectivity index (χ2v) is 11.0. The van der Waals surface area contributed by atoms with Gasteiger partial charge >= 0.3 is 5.97 Å². The average molecular weight is 550 g/mol. The molecule has 0 atom stereocenters. The number of hydrogen-bond acceptors (Lipinski definition) is 6. The monoisotopic (exact) mass is 549 g/mol. The van der Waals surface area contributed by atoms with Crippen LogP contribution in [0.5, 0.6) is 23.0 Å². The van der Waals surface area contributed by atoms with Crippen molar-refractivity contribution in [3.63, 3.8) is 0 Å². The van der Waals surface area contributed by atoms with Crippen LogP contribution in [0, 0.1) is 0 Å². The largest absolute Gasteiger partial charge is 0.492 e. The minimum atomic E-state index is -0.433. The second kappa shape index (κ2) is 12.4. The molecule has 1 fully saturated rings. The number of esters is 1. The molecule has 5 aromatic rings. The number of carbonyl (C=O) groups is 1. The fraction of sp³-hybridized carbons (Fsp3) is 0.206. The van der Waals surface area contributed by atoms with Crippen LogP contribution in [0.25, 0.3) is 20.5 Å². The molecular weight excluding hydrogens is 518 g/mol. The molecule has 0 aliphatic carbocycles. The van der Waals surface area contributed by atoms with Crippen molar-refractivity contribution in [2.24, 2.45) is 0 Å². The van der Waals surface area contributed by atoms with Crippen molar-refractivity contribution in [3.05, 3.63) is 109 Å². The van der Waals surface area contributed by atoms with Gasteiger partial charge in [0.2, 0.25) is 0 Å². The van der Waals surface area contributed by atoms with Crippen LogP contribution in [-0.4, -0.2) is 37.1 Å². The first kappa shape index (κ1) is 26.1. The van der Waals surface area contributed by atoms with Crippen LogP contribution in [0.2, 0.25) is 0 Å². The molecule has 0 amide bonds. The molecule has 202 valence electrons. The number of likely N-dealkylation sites (tertiary alicyclic amines) is 1. The summed E-state index contributed by atoms with van der Waals surface area (Å²) in [6, 6.07) is 32.7. The molecular formula is C34H31NO4S. The van der Waals surface area contributed by atoms with Crippen molar-refractivity contribution >= 4 is 27.4 Å². The zero-order valence-corrected chi connectivity index (χ0v) is 23.1. The quantitative estimate of drug-likeness (QED) is 0.136. The van der Waals surface area contributed by atoms with Gasteiger partial charge in [-0.3, -0.25) is 4.90 Å². The summed E-state index contributed by atoms with van der Waals surface area (Å²) in [5.74, 6) is 1.84. The molecule has 0 bridgehead atoms. The number of ether oxygens (including phenoxy) is 3. The Morgan fingerprint density at radius 1 is 0.750 bits per heavy atom. The molecule has 5 nitrogen and oxygen atoms in total. The summed E-state index contributed by atoms with van der Waals surface area (Å²) < 4.78 is 19.3. The summed E-state index contributed by atoms with van der Waals surface area (Å²) in [5.41, 5.74) is 1.47. The third-order valence-electron chi connectivity index (χ3n) is 7.04. The molecule has 0 saturated carbocycles. The molecule has 6 heteroatoms. The lowest BCUT2D eigenvalue weighted by molar-refractivity contribution is 0.0730. The van der Waals surface area contributed by atoms with E-state index in [0.29, 0.717) is 29.4 Å². The zero-order chi connectivity index (χ0) is 27.1. The van der Waals surface area contributed by atoms with Crippen LogP contribution in [0.4, 0.5) is 0 Å². The summed E-state index contributed by atoms with van der Waals surface area (Å²) in [4.78, 5) is 16.4. The maximum atomic E-state index is 12.9. The summed E-state index contributed by atoms with van der Waals surface area (Å²) in [6.45, 7) is 3.93. The lowest BCUT2D eigenvalue weighted by Gasteiger charge is -2.26. The van der Waals surface area contributed by atoms with Crippen molar-refractivity contribution in [2.75, 3.05) is 26.2 Å². The molecule has 0 radical (unpaired) electrons. The van der Waals surface area contributed by atoms with Gasteiger partial charge in [-0.1, -0.05) is 42.8 Å². The van der Waals surface area contributed by atoms with Crippen LogP contribution >= 0.6 is 11.3 Å². The minimum Gasteiger partial charge on any atom is -0.492 e. The van der Waals surface area contributed by atoms with E-state index in [9.17, 15) is 4.79 Å². The van der Waals surface area contributed by atoms with Crippen molar-refractivity contribution in [3.8, 4) is 33.4 Å². The first-order valence-corrected chi connectivity index (χ1v) is 14.6. The van der Waals surface area contributed by atoms with Gasteiger partial charge in [-0.2, -0.15) is 0 Å². The van der Waals surface area contributed by atoms with Gasteiger partial charge in [0.1, 0.15) is 18.1 Å². The topological polar surface area (TPSA) is 48.0 Å². The summed E-state index contributed by atoms with van der Waals surface area (Å²) in [6.07, 6.45) is 3.89. The zero-order valence-electron chi connectivity index (χ0n) is 22.3. The highest BCUT2D eigenvalue weighted by Gasteiger charge is 2.16. The van der Waals surface area contributed by atoms with E-state index in [1.807, 2.05) is 66.7 Å². The van der Waals surface area contributed by atoms with E-state index in [-0.39, 0.29) is 0 Å². The Hall–Kier alpha value is -4.13. The van der Waals surface area contributed by atoms with Crippen molar-refractivity contribution in [1.82, 2.24) is 4.90 Å². The Labute approximate surface area is 238 Å². The maximum absolute atomic E-state index is 12.9. The number of rotatable bonds is 9. The van der Waals surface area contributed by atoms with Crippen LogP contribution < -0.4 is 14.2 Å². The molecule has 0 spiro atoms. The fourth-order valence-electron chi connectivity index (χ4n) is 4.89. The number of nitrogens with zero attached hydrogens (tertiary/aromatic N) is 1. The Morgan fingerprint density at radius 2 is 1.50 bits per heavy atom. The number of hydrogen-bond donors (Lipinski definition) is 0. The maximum Gasteiger partial charge on any atom is 0.343 e. The normalized spacial score (nSPS) is 13.7. The van der Waals surface area contributed by atoms with Crippen LogP contribution in [0.1, 0.15) is 29.6 Å². The van der Waals surface area contributed by atoms with Crippen LogP contribution in [0.3, 0.4) is 0 Å². The van der Waals surface area contributed by atoms with E-state index in [0.717, 1.165) is 35.8 Å². The van der Waals surface area contributed by atoms with Gasteiger partial charge in [0.15, 0.2) is 11.5 Å². The molecule has 40 heavy (non-hydrogen) atoms. The fourth-order valence-corrected chi connectivity index (χ4v) is 5.95. The van der Waals surface area contributed by atoms with Gasteiger partial charge in [0, 0.05) is 16.1 Å². The highest BCUT2D eigenvalue weighted by molar-refractivity contribution is 7.22. The predicted octanol–water partition coefficient (Wildman–Crippen LogP) is 8.44. The van der Waals surface area contributed by atoms with Gasteiger partial charge in [0.05, 0.1) is 5.56 Å². The Morgan fingerprint density at radius 3 is 2.30 bits per heavy atom. The number of benzene rings is 4. The van der Waals surface area contributed by atoms with E-state index >= 15 is 0 Å². The highest BCUT2D eigenvalue weighted by Crippen LogP contribution is 2.40. The van der Waals surface area contributed by atoms with Crippen molar-refractivity contribution < 1.29 is 19.0 Å². The Kier molecular flexibility index (Phi) is 8.07. The smallest absolute Gasteiger partial charge is 0.343 e. The van der Waals surface area contributed by atoms with Crippen LogP contribution in [-0.2, 0) is 0 Å². The molecule has 1 aliphatic rings. The average Bonchev–Trinajstić information content (AvgIpc) is 3.44. The molecule has 6 rings (SSSR count). The first-order valence-electron chi connectivity index (χ1n) is 13.7. The standard InChI is InChI=1S/C34H31NO4S/c36-34(25-9-3-1-4-10-25)39-30-18-13-27(33-24-26-11-5-6-12-32(26)40-33)23-31(30)38-29-16-14-28(15-17-29)37-22-21-35-19-7-2-8-20-35/h1,3-6,9-18,23-24H,2,7-8,19-22H2. The molecule has 0 unspecified atom stereocenters. The van der Waals surface area contributed by atoms with Gasteiger partial charge in [-0.25, -0.2) is 4.79 Å². The van der Waals surface area contributed by atoms with Gasteiger partial charge < -0.3 is 14.2 Å². The van der Waals surface area contributed by atoms with E-state index in [1.54, 1.807) is 29.5 Å². The summed E-state index contributed by atoms with van der Waals surface area (Å²) >= 11 is 1.72. The van der Waals surface area contributed by atoms with E-state index in [1.165, 1.54) is 29.3 Å². The van der Waals surface area contributed by atoms with Crippen molar-refractivity contribution in [1.29, 1.82) is 0 Å². The van der Waals surface area contributed by atoms with E-state index in [2.05, 4.69) is 23.1 Å². The highest BCUT2D eigenvalue weighted by atomic mass is 32.1. The molecule has 0 N–H and O–H groups in total. The van der Waals surface area contributed by atoms with Gasteiger partial charge in [-0.15, -0.1) is 11.3 Å². The summed E-state index contributed by atoms with van der Waals surface area (Å²) in [5, 5.41) is 1.19. The Bertz CT molecular complexity index is 1540. The SMILES string of the molecule is O=C(Oc1ccc(-c2cc3ccccc3s2)cc1Oc1ccc(OCCN2CCCCC2)cc1)c1ccccc1. The number of carbonyl (C=O) groups excluding carboxylic acids is 1. The first-order chi connectivity index (χ1) is 19.7. The van der Waals surface area contributed by atoms with E-state index < -0.39 is 5.97 Å². The molecule has 1 saturated heterocycles. The Balaban J connectivity index is 1.21. The predicted molar refractivity (Wildman–Crippen MR) is 161 cm³/mol. The lowest BCUT2D eigenvalue weighted by atomic mass is 10.1. The third-order valence-corrected chi connectivity index (χ3v) is 8.21. The number of piperidine rings is 1.